The molecular weight excluding hydrogens is 397 g/mol. The zero-order valence-corrected chi connectivity index (χ0v) is 16.8. The highest BCUT2D eigenvalue weighted by atomic mass is 35.5. The van der Waals surface area contributed by atoms with Gasteiger partial charge in [0.1, 0.15) is 11.9 Å². The molecule has 2 aliphatic heterocycles. The van der Waals surface area contributed by atoms with E-state index in [4.69, 9.17) is 39.5 Å². The summed E-state index contributed by atoms with van der Waals surface area (Å²) in [7, 11) is 0. The van der Waals surface area contributed by atoms with Crippen molar-refractivity contribution in [3.63, 3.8) is 0 Å². The second-order valence-electron chi connectivity index (χ2n) is 6.33. The Morgan fingerprint density at radius 3 is 2.64 bits per heavy atom. The summed E-state index contributed by atoms with van der Waals surface area (Å²) >= 11 is 20.8. The fourth-order valence-electron chi connectivity index (χ4n) is 3.69. The smallest absolute Gasteiger partial charge is 0.137 e. The van der Waals surface area contributed by atoms with E-state index >= 15 is 0 Å². The average molecular weight is 415 g/mol. The lowest BCUT2D eigenvalue weighted by molar-refractivity contribution is 0.169. The summed E-state index contributed by atoms with van der Waals surface area (Å²) in [5, 5.41) is 5.17. The maximum atomic E-state index is 6.47. The van der Waals surface area contributed by atoms with Gasteiger partial charge >= 0.3 is 0 Å². The first-order valence-electron chi connectivity index (χ1n) is 8.41. The van der Waals surface area contributed by atoms with Crippen LogP contribution >= 0.6 is 46.6 Å². The third-order valence-electron chi connectivity index (χ3n) is 4.77. The van der Waals surface area contributed by atoms with Crippen LogP contribution in [0.1, 0.15) is 24.8 Å². The summed E-state index contributed by atoms with van der Waals surface area (Å²) < 4.78 is 6.32. The number of nitrogens with one attached hydrogen (secondary N) is 1. The van der Waals surface area contributed by atoms with Crippen LogP contribution in [0.25, 0.3) is 11.1 Å². The number of benzene rings is 2. The Bertz CT molecular complexity index is 804. The van der Waals surface area contributed by atoms with Crippen molar-refractivity contribution in [3.8, 4) is 16.9 Å². The molecule has 2 nitrogen and oxygen atoms in total. The number of hydrogen-bond donors (Lipinski definition) is 1. The van der Waals surface area contributed by atoms with Gasteiger partial charge in [0.05, 0.1) is 14.9 Å². The molecule has 0 aromatic heterocycles. The molecule has 0 saturated carbocycles. The van der Waals surface area contributed by atoms with Crippen LogP contribution in [0.4, 0.5) is 0 Å². The lowest BCUT2D eigenvalue weighted by Gasteiger charge is -2.25. The van der Waals surface area contributed by atoms with Crippen molar-refractivity contribution >= 4 is 46.6 Å². The SMILES string of the molecule is CCSc1cc(-c2c(Cl)cc(Cl)cc2Cl)cc2c1O[C@H]1CCNC[C@@H]21. The van der Waals surface area contributed by atoms with Crippen LogP contribution in [-0.4, -0.2) is 24.9 Å². The van der Waals surface area contributed by atoms with Crippen LogP contribution in [0.15, 0.2) is 29.2 Å². The minimum Gasteiger partial charge on any atom is -0.488 e. The monoisotopic (exact) mass is 413 g/mol. The van der Waals surface area contributed by atoms with E-state index in [1.54, 1.807) is 23.9 Å². The van der Waals surface area contributed by atoms with Crippen molar-refractivity contribution in [1.82, 2.24) is 5.32 Å². The van der Waals surface area contributed by atoms with Crippen molar-refractivity contribution < 1.29 is 4.74 Å². The molecule has 1 fully saturated rings. The van der Waals surface area contributed by atoms with Crippen LogP contribution in [0, 0.1) is 0 Å². The summed E-state index contributed by atoms with van der Waals surface area (Å²) in [5.41, 5.74) is 3.12. The number of ether oxygens (including phenoxy) is 1. The van der Waals surface area contributed by atoms with Crippen LogP contribution in [0.3, 0.4) is 0 Å². The van der Waals surface area contributed by atoms with E-state index in [-0.39, 0.29) is 6.10 Å². The van der Waals surface area contributed by atoms with Gasteiger partial charge in [-0.3, -0.25) is 0 Å². The lowest BCUT2D eigenvalue weighted by Crippen LogP contribution is -2.37. The number of fused-ring (bicyclic) bond motifs is 3. The van der Waals surface area contributed by atoms with Gasteiger partial charge in [0.15, 0.2) is 0 Å². The van der Waals surface area contributed by atoms with Crippen molar-refractivity contribution in [1.29, 1.82) is 0 Å². The van der Waals surface area contributed by atoms with Gasteiger partial charge < -0.3 is 10.1 Å². The number of thioether (sulfide) groups is 1. The maximum Gasteiger partial charge on any atom is 0.137 e. The molecule has 2 aromatic rings. The Morgan fingerprint density at radius 2 is 1.92 bits per heavy atom. The largest absolute Gasteiger partial charge is 0.488 e. The number of hydrogen-bond acceptors (Lipinski definition) is 3. The highest BCUT2D eigenvalue weighted by molar-refractivity contribution is 7.99. The van der Waals surface area contributed by atoms with Crippen LogP contribution in [-0.2, 0) is 0 Å². The fourth-order valence-corrected chi connectivity index (χ4v) is 5.54. The topological polar surface area (TPSA) is 21.3 Å². The van der Waals surface area contributed by atoms with E-state index in [0.29, 0.717) is 21.0 Å². The molecule has 0 spiro atoms. The third kappa shape index (κ3) is 3.26. The molecule has 25 heavy (non-hydrogen) atoms. The van der Waals surface area contributed by atoms with Gasteiger partial charge in [0, 0.05) is 28.6 Å². The van der Waals surface area contributed by atoms with Gasteiger partial charge in [0.2, 0.25) is 0 Å². The molecule has 0 amide bonds. The van der Waals surface area contributed by atoms with Crippen molar-refractivity contribution in [2.24, 2.45) is 0 Å². The quantitative estimate of drug-likeness (QED) is 0.599. The molecule has 0 radical (unpaired) electrons. The highest BCUT2D eigenvalue weighted by Crippen LogP contribution is 2.49. The lowest BCUT2D eigenvalue weighted by atomic mass is 9.89. The predicted molar refractivity (Wildman–Crippen MR) is 108 cm³/mol. The summed E-state index contributed by atoms with van der Waals surface area (Å²) in [6.45, 7) is 4.10. The minimum atomic E-state index is 0.263. The molecule has 4 rings (SSSR count). The Labute approximate surface area is 167 Å². The van der Waals surface area contributed by atoms with Crippen molar-refractivity contribution in [2.75, 3.05) is 18.8 Å². The first kappa shape index (κ1) is 17.8. The van der Waals surface area contributed by atoms with Gasteiger partial charge in [-0.1, -0.05) is 41.7 Å². The molecule has 2 aromatic carbocycles. The van der Waals surface area contributed by atoms with E-state index in [1.807, 2.05) is 0 Å². The molecule has 6 heteroatoms. The van der Waals surface area contributed by atoms with Gasteiger partial charge in [-0.15, -0.1) is 11.8 Å². The predicted octanol–water partition coefficient (Wildman–Crippen LogP) is 6.26. The standard InChI is InChI=1S/C19H18Cl3NOS/c1-2-25-17-6-10(18-14(21)7-11(20)8-15(18)22)5-12-13-9-23-4-3-16(13)24-19(12)17/h5-8,13,16,23H,2-4,9H2,1H3/t13-,16-/m0/s1. The number of halogens is 3. The van der Waals surface area contributed by atoms with E-state index in [1.165, 1.54) is 5.56 Å². The first-order chi connectivity index (χ1) is 12.1. The molecule has 132 valence electrons. The molecule has 0 aliphatic carbocycles. The first-order valence-corrected chi connectivity index (χ1v) is 10.5. The molecule has 2 atom stereocenters. The van der Waals surface area contributed by atoms with E-state index in [0.717, 1.165) is 47.0 Å². The molecule has 1 saturated heterocycles. The van der Waals surface area contributed by atoms with Crippen LogP contribution in [0.5, 0.6) is 5.75 Å². The van der Waals surface area contributed by atoms with Crippen molar-refractivity contribution in [2.45, 2.75) is 30.3 Å². The van der Waals surface area contributed by atoms with E-state index in [2.05, 4.69) is 24.4 Å². The van der Waals surface area contributed by atoms with E-state index < -0.39 is 0 Å². The minimum absolute atomic E-state index is 0.263. The maximum absolute atomic E-state index is 6.47. The zero-order valence-electron chi connectivity index (χ0n) is 13.7. The summed E-state index contributed by atoms with van der Waals surface area (Å²) in [5.74, 6) is 2.40. The second kappa shape index (κ2) is 7.21. The average Bonchev–Trinajstić information content (AvgIpc) is 2.93. The number of piperidine rings is 1. The van der Waals surface area contributed by atoms with Crippen LogP contribution in [0.2, 0.25) is 15.1 Å². The third-order valence-corrected chi connectivity index (χ3v) is 6.48. The van der Waals surface area contributed by atoms with Gasteiger partial charge in [0.25, 0.3) is 0 Å². The Kier molecular flexibility index (Phi) is 5.13. The summed E-state index contributed by atoms with van der Waals surface area (Å²) in [4.78, 5) is 1.16. The zero-order chi connectivity index (χ0) is 17.6. The summed E-state index contributed by atoms with van der Waals surface area (Å²) in [6.07, 6.45) is 1.30. The van der Waals surface area contributed by atoms with Crippen LogP contribution < -0.4 is 10.1 Å². The molecule has 2 heterocycles. The molecule has 1 N–H and O–H groups in total. The van der Waals surface area contributed by atoms with E-state index in [9.17, 15) is 0 Å². The van der Waals surface area contributed by atoms with Gasteiger partial charge in [-0.25, -0.2) is 0 Å². The highest BCUT2D eigenvalue weighted by Gasteiger charge is 2.38. The van der Waals surface area contributed by atoms with Crippen molar-refractivity contribution in [3.05, 3.63) is 44.9 Å². The van der Waals surface area contributed by atoms with Gasteiger partial charge in [-0.05, 0) is 48.5 Å². The molecule has 2 aliphatic rings. The normalized spacial score (nSPS) is 21.6. The summed E-state index contributed by atoms with van der Waals surface area (Å²) in [6, 6.07) is 7.81. The molecule has 0 bridgehead atoms. The van der Waals surface area contributed by atoms with Gasteiger partial charge in [-0.2, -0.15) is 0 Å². The number of rotatable bonds is 3. The molecule has 0 unspecified atom stereocenters. The Balaban J connectivity index is 1.87. The molecular formula is C19H18Cl3NOS. The fraction of sp³-hybridized carbons (Fsp3) is 0.368. The second-order valence-corrected chi connectivity index (χ2v) is 8.88. The Hall–Kier alpha value is -0.580. The Morgan fingerprint density at radius 1 is 1.16 bits per heavy atom.